The third-order valence-electron chi connectivity index (χ3n) is 2.83. The molecule has 0 aliphatic heterocycles. The average molecular weight is 383 g/mol. The maximum Gasteiger partial charge on any atom is 0.243 e. The number of carbonyl (C=O) groups excluding carboxylic acids is 1. The number of hydrogen-bond donors (Lipinski definition) is 2. The van der Waals surface area contributed by atoms with E-state index in [2.05, 4.69) is 26.6 Å². The lowest BCUT2D eigenvalue weighted by atomic mass is 10.3. The fraction of sp³-hybridized carbons (Fsp3) is 0.133. The lowest BCUT2D eigenvalue weighted by Gasteiger charge is -2.12. The van der Waals surface area contributed by atoms with Crippen molar-refractivity contribution in [2.24, 2.45) is 0 Å². The first kappa shape index (κ1) is 16.5. The molecule has 0 aliphatic carbocycles. The lowest BCUT2D eigenvalue weighted by molar-refractivity contribution is -0.114. The SMILES string of the molecule is CS(=O)(=O)c1c(Br)cccc1NCC(=O)Nc1ccccc1. The van der Waals surface area contributed by atoms with E-state index >= 15 is 0 Å². The van der Waals surface area contributed by atoms with Gasteiger partial charge in [0.2, 0.25) is 5.91 Å². The van der Waals surface area contributed by atoms with Gasteiger partial charge in [0, 0.05) is 16.4 Å². The van der Waals surface area contributed by atoms with Crippen molar-refractivity contribution in [3.63, 3.8) is 0 Å². The number of amides is 1. The minimum Gasteiger partial charge on any atom is -0.375 e. The van der Waals surface area contributed by atoms with E-state index in [-0.39, 0.29) is 17.3 Å². The van der Waals surface area contributed by atoms with Gasteiger partial charge in [0.05, 0.1) is 12.2 Å². The average Bonchev–Trinajstić information content (AvgIpc) is 2.45. The molecule has 0 aromatic heterocycles. The predicted molar refractivity (Wildman–Crippen MR) is 90.8 cm³/mol. The van der Waals surface area contributed by atoms with Gasteiger partial charge in [-0.3, -0.25) is 4.79 Å². The number of hydrogen-bond acceptors (Lipinski definition) is 4. The van der Waals surface area contributed by atoms with Crippen molar-refractivity contribution in [1.82, 2.24) is 0 Å². The second-order valence-corrected chi connectivity index (χ2v) is 7.46. The van der Waals surface area contributed by atoms with Gasteiger partial charge in [-0.1, -0.05) is 24.3 Å². The Labute approximate surface area is 137 Å². The van der Waals surface area contributed by atoms with Crippen molar-refractivity contribution < 1.29 is 13.2 Å². The number of carbonyl (C=O) groups is 1. The van der Waals surface area contributed by atoms with E-state index in [1.54, 1.807) is 30.3 Å². The summed E-state index contributed by atoms with van der Waals surface area (Å²) in [5, 5.41) is 5.58. The Morgan fingerprint density at radius 3 is 2.41 bits per heavy atom. The molecule has 2 N–H and O–H groups in total. The van der Waals surface area contributed by atoms with Crippen molar-refractivity contribution >= 4 is 43.0 Å². The van der Waals surface area contributed by atoms with Gasteiger partial charge in [-0.15, -0.1) is 0 Å². The fourth-order valence-corrected chi connectivity index (χ4v) is 4.14. The molecule has 0 fully saturated rings. The van der Waals surface area contributed by atoms with Crippen LogP contribution in [0.3, 0.4) is 0 Å². The molecule has 7 heteroatoms. The first-order valence-corrected chi connectivity index (χ1v) is 9.14. The van der Waals surface area contributed by atoms with Crippen LogP contribution in [0.1, 0.15) is 0 Å². The molecular formula is C15H15BrN2O3S. The van der Waals surface area contributed by atoms with Gasteiger partial charge < -0.3 is 10.6 Å². The number of anilines is 2. The summed E-state index contributed by atoms with van der Waals surface area (Å²) in [6, 6.07) is 14.0. The molecule has 116 valence electrons. The number of nitrogens with one attached hydrogen (secondary N) is 2. The fourth-order valence-electron chi connectivity index (χ4n) is 1.93. The van der Waals surface area contributed by atoms with Crippen LogP contribution in [0.4, 0.5) is 11.4 Å². The highest BCUT2D eigenvalue weighted by atomic mass is 79.9. The van der Waals surface area contributed by atoms with Crippen LogP contribution in [0.15, 0.2) is 57.9 Å². The minimum absolute atomic E-state index is 0.0339. The van der Waals surface area contributed by atoms with Crippen molar-refractivity contribution in [2.45, 2.75) is 4.90 Å². The molecule has 22 heavy (non-hydrogen) atoms. The predicted octanol–water partition coefficient (Wildman–Crippen LogP) is 2.90. The molecular weight excluding hydrogens is 368 g/mol. The molecule has 2 aromatic carbocycles. The van der Waals surface area contributed by atoms with Gasteiger partial charge >= 0.3 is 0 Å². The Bertz CT molecular complexity index is 777. The van der Waals surface area contributed by atoms with Gasteiger partial charge in [0.1, 0.15) is 4.90 Å². The Morgan fingerprint density at radius 1 is 1.09 bits per heavy atom. The quantitative estimate of drug-likeness (QED) is 0.833. The summed E-state index contributed by atoms with van der Waals surface area (Å²) in [6.45, 7) is -0.0339. The minimum atomic E-state index is -3.41. The highest BCUT2D eigenvalue weighted by molar-refractivity contribution is 9.10. The van der Waals surface area contributed by atoms with E-state index in [1.807, 2.05) is 18.2 Å². The zero-order valence-electron chi connectivity index (χ0n) is 11.8. The van der Waals surface area contributed by atoms with Gasteiger partial charge in [-0.2, -0.15) is 0 Å². The largest absolute Gasteiger partial charge is 0.375 e. The molecule has 0 unspecified atom stereocenters. The molecule has 0 atom stereocenters. The zero-order chi connectivity index (χ0) is 16.2. The molecule has 1 amide bonds. The summed E-state index contributed by atoms with van der Waals surface area (Å²) in [5.41, 5.74) is 1.08. The Hall–Kier alpha value is -1.86. The van der Waals surface area contributed by atoms with Crippen LogP contribution < -0.4 is 10.6 Å². The smallest absolute Gasteiger partial charge is 0.243 e. The highest BCUT2D eigenvalue weighted by Crippen LogP contribution is 2.29. The first-order valence-electron chi connectivity index (χ1n) is 6.45. The highest BCUT2D eigenvalue weighted by Gasteiger charge is 2.17. The van der Waals surface area contributed by atoms with E-state index in [4.69, 9.17) is 0 Å². The van der Waals surface area contributed by atoms with Crippen LogP contribution in [0, 0.1) is 0 Å². The van der Waals surface area contributed by atoms with E-state index in [9.17, 15) is 13.2 Å². The molecule has 0 radical (unpaired) electrons. The van der Waals surface area contributed by atoms with Gasteiger partial charge in [-0.05, 0) is 40.2 Å². The van der Waals surface area contributed by atoms with E-state index in [1.165, 1.54) is 0 Å². The number of para-hydroxylation sites is 1. The monoisotopic (exact) mass is 382 g/mol. The van der Waals surface area contributed by atoms with Gasteiger partial charge in [0.25, 0.3) is 0 Å². The standard InChI is InChI=1S/C15H15BrN2O3S/c1-22(20,21)15-12(16)8-5-9-13(15)17-10-14(19)18-11-6-3-2-4-7-11/h2-9,17H,10H2,1H3,(H,18,19). The summed E-state index contributed by atoms with van der Waals surface area (Å²) in [4.78, 5) is 12.0. The maximum absolute atomic E-state index is 11.9. The summed E-state index contributed by atoms with van der Waals surface area (Å²) in [7, 11) is -3.41. The van der Waals surface area contributed by atoms with Crippen molar-refractivity contribution in [2.75, 3.05) is 23.4 Å². The third kappa shape index (κ3) is 4.32. The number of sulfone groups is 1. The van der Waals surface area contributed by atoms with E-state index in [0.29, 0.717) is 15.8 Å². The van der Waals surface area contributed by atoms with E-state index < -0.39 is 9.84 Å². The molecule has 0 heterocycles. The third-order valence-corrected chi connectivity index (χ3v) is 4.94. The molecule has 0 bridgehead atoms. The number of halogens is 1. The first-order chi connectivity index (χ1) is 10.4. The number of rotatable bonds is 5. The normalized spacial score (nSPS) is 11.0. The second kappa shape index (κ2) is 6.93. The zero-order valence-corrected chi connectivity index (χ0v) is 14.2. The van der Waals surface area contributed by atoms with Crippen molar-refractivity contribution in [3.05, 3.63) is 53.0 Å². The summed E-state index contributed by atoms with van der Waals surface area (Å²) in [6.07, 6.45) is 1.13. The van der Waals surface area contributed by atoms with Gasteiger partial charge in [-0.25, -0.2) is 8.42 Å². The Kier molecular flexibility index (Phi) is 5.20. The lowest BCUT2D eigenvalue weighted by Crippen LogP contribution is -2.22. The maximum atomic E-state index is 11.9. The Morgan fingerprint density at radius 2 is 1.77 bits per heavy atom. The topological polar surface area (TPSA) is 75.3 Å². The molecule has 0 saturated carbocycles. The van der Waals surface area contributed by atoms with Crippen molar-refractivity contribution in [3.8, 4) is 0 Å². The van der Waals surface area contributed by atoms with Crippen LogP contribution >= 0.6 is 15.9 Å². The van der Waals surface area contributed by atoms with Crippen molar-refractivity contribution in [1.29, 1.82) is 0 Å². The summed E-state index contributed by atoms with van der Waals surface area (Å²) < 4.78 is 24.1. The molecule has 0 saturated heterocycles. The van der Waals surface area contributed by atoms with E-state index in [0.717, 1.165) is 6.26 Å². The number of benzene rings is 2. The molecule has 0 aliphatic rings. The second-order valence-electron chi connectivity index (χ2n) is 4.66. The van der Waals surface area contributed by atoms with Crippen LogP contribution in [0.2, 0.25) is 0 Å². The van der Waals surface area contributed by atoms with Crippen LogP contribution in [0.5, 0.6) is 0 Å². The molecule has 5 nitrogen and oxygen atoms in total. The Balaban J connectivity index is 2.09. The van der Waals surface area contributed by atoms with Gasteiger partial charge in [0.15, 0.2) is 9.84 Å². The van der Waals surface area contributed by atoms with Crippen LogP contribution in [-0.4, -0.2) is 27.1 Å². The molecule has 0 spiro atoms. The van der Waals surface area contributed by atoms with Crippen LogP contribution in [0.25, 0.3) is 0 Å². The van der Waals surface area contributed by atoms with Crippen LogP contribution in [-0.2, 0) is 14.6 Å². The summed E-state index contributed by atoms with van der Waals surface area (Å²) in [5.74, 6) is -0.259. The molecule has 2 rings (SSSR count). The summed E-state index contributed by atoms with van der Waals surface area (Å²) >= 11 is 3.22. The molecule has 2 aromatic rings.